The van der Waals surface area contributed by atoms with E-state index in [1.165, 1.54) is 12.1 Å². The van der Waals surface area contributed by atoms with Crippen LogP contribution in [0.5, 0.6) is 0 Å². The molecule has 0 saturated carbocycles. The lowest BCUT2D eigenvalue weighted by Gasteiger charge is -2.35. The minimum absolute atomic E-state index is 0.0484. The molecule has 0 unspecified atom stereocenters. The highest BCUT2D eigenvalue weighted by molar-refractivity contribution is 8.01. The second-order valence-electron chi connectivity index (χ2n) is 6.70. The number of hydrogen-bond acceptors (Lipinski definition) is 3. The van der Waals surface area contributed by atoms with Crippen molar-refractivity contribution in [3.05, 3.63) is 34.6 Å². The van der Waals surface area contributed by atoms with Crippen molar-refractivity contribution in [2.75, 3.05) is 31.9 Å². The van der Waals surface area contributed by atoms with Gasteiger partial charge >= 0.3 is 0 Å². The Balaban J connectivity index is 1.90. The van der Waals surface area contributed by atoms with Crippen LogP contribution in [0.2, 0.25) is 5.02 Å². The summed E-state index contributed by atoms with van der Waals surface area (Å²) in [6.07, 6.45) is 0. The highest BCUT2D eigenvalue weighted by atomic mass is 35.5. The Morgan fingerprint density at radius 2 is 1.75 bits per heavy atom. The highest BCUT2D eigenvalue weighted by Gasteiger charge is 2.26. The van der Waals surface area contributed by atoms with Crippen LogP contribution in [0, 0.1) is 5.82 Å². The molecule has 1 aliphatic heterocycles. The summed E-state index contributed by atoms with van der Waals surface area (Å²) in [5, 5.41) is 0.111. The number of rotatable bonds is 3. The van der Waals surface area contributed by atoms with E-state index in [1.807, 2.05) is 0 Å². The molecule has 1 aromatic carbocycles. The molecule has 1 aliphatic rings. The van der Waals surface area contributed by atoms with Crippen LogP contribution in [0.3, 0.4) is 0 Å². The van der Waals surface area contributed by atoms with Crippen LogP contribution in [0.15, 0.2) is 18.2 Å². The van der Waals surface area contributed by atoms with Gasteiger partial charge in [0.25, 0.3) is 5.91 Å². The number of carbonyl (C=O) groups is 2. The minimum Gasteiger partial charge on any atom is -0.338 e. The molecule has 0 bridgehead atoms. The first-order chi connectivity index (χ1) is 11.2. The summed E-state index contributed by atoms with van der Waals surface area (Å²) in [6, 6.07) is 3.76. The molecule has 0 atom stereocenters. The summed E-state index contributed by atoms with van der Waals surface area (Å²) in [5.74, 6) is -0.150. The standard InChI is InChI=1S/C17H22ClFN2O2S/c1-17(2,3)24-11-15(22)20-6-8-21(9-7-20)16(23)13-5-4-12(19)10-14(13)18/h4-5,10H,6-9,11H2,1-3H3. The molecule has 0 N–H and O–H groups in total. The zero-order valence-corrected chi connectivity index (χ0v) is 15.7. The van der Waals surface area contributed by atoms with E-state index in [1.54, 1.807) is 21.6 Å². The molecule has 2 amide bonds. The normalized spacial score (nSPS) is 15.5. The monoisotopic (exact) mass is 372 g/mol. The first kappa shape index (κ1) is 19.1. The van der Waals surface area contributed by atoms with E-state index in [0.29, 0.717) is 37.5 Å². The summed E-state index contributed by atoms with van der Waals surface area (Å²) in [7, 11) is 0. The van der Waals surface area contributed by atoms with E-state index in [-0.39, 0.29) is 21.6 Å². The number of carbonyl (C=O) groups excluding carboxylic acids is 2. The smallest absolute Gasteiger partial charge is 0.255 e. The van der Waals surface area contributed by atoms with Gasteiger partial charge in [-0.3, -0.25) is 9.59 Å². The first-order valence-corrected chi connectivity index (χ1v) is 9.20. The number of piperazine rings is 1. The number of benzene rings is 1. The topological polar surface area (TPSA) is 40.6 Å². The third kappa shape index (κ3) is 5.11. The lowest BCUT2D eigenvalue weighted by atomic mass is 10.1. The first-order valence-electron chi connectivity index (χ1n) is 7.83. The predicted octanol–water partition coefficient (Wildman–Crippen LogP) is 3.30. The highest BCUT2D eigenvalue weighted by Crippen LogP contribution is 2.24. The van der Waals surface area contributed by atoms with E-state index in [0.717, 1.165) is 6.07 Å². The molecule has 1 saturated heterocycles. The number of thioether (sulfide) groups is 1. The third-order valence-electron chi connectivity index (χ3n) is 3.71. The van der Waals surface area contributed by atoms with Gasteiger partial charge in [0.15, 0.2) is 0 Å². The van der Waals surface area contributed by atoms with Crippen molar-refractivity contribution in [3.8, 4) is 0 Å². The van der Waals surface area contributed by atoms with Crippen molar-refractivity contribution in [1.82, 2.24) is 9.80 Å². The van der Waals surface area contributed by atoms with Crippen LogP contribution in [-0.2, 0) is 4.79 Å². The van der Waals surface area contributed by atoms with Crippen LogP contribution >= 0.6 is 23.4 Å². The summed E-state index contributed by atoms with van der Waals surface area (Å²) in [5.41, 5.74) is 0.293. The number of nitrogens with zero attached hydrogens (tertiary/aromatic N) is 2. The molecule has 24 heavy (non-hydrogen) atoms. The van der Waals surface area contributed by atoms with E-state index in [9.17, 15) is 14.0 Å². The average molecular weight is 373 g/mol. The molecule has 7 heteroatoms. The third-order valence-corrected chi connectivity index (χ3v) is 5.28. The molecular formula is C17H22ClFN2O2S. The molecule has 132 valence electrons. The van der Waals surface area contributed by atoms with E-state index in [4.69, 9.17) is 11.6 Å². The van der Waals surface area contributed by atoms with Crippen LogP contribution in [0.1, 0.15) is 31.1 Å². The van der Waals surface area contributed by atoms with Crippen molar-refractivity contribution in [3.63, 3.8) is 0 Å². The maximum absolute atomic E-state index is 13.1. The molecule has 0 aromatic heterocycles. The van der Waals surface area contributed by atoms with Crippen molar-refractivity contribution < 1.29 is 14.0 Å². The molecule has 0 spiro atoms. The number of amides is 2. The Morgan fingerprint density at radius 3 is 2.29 bits per heavy atom. The lowest BCUT2D eigenvalue weighted by Crippen LogP contribution is -2.51. The summed E-state index contributed by atoms with van der Waals surface area (Å²) in [6.45, 7) is 8.16. The quantitative estimate of drug-likeness (QED) is 0.817. The van der Waals surface area contributed by atoms with Gasteiger partial charge in [0, 0.05) is 30.9 Å². The minimum atomic E-state index is -0.469. The van der Waals surface area contributed by atoms with Crippen LogP contribution in [0.25, 0.3) is 0 Å². The zero-order valence-electron chi connectivity index (χ0n) is 14.1. The molecule has 0 aliphatic carbocycles. The van der Waals surface area contributed by atoms with E-state index < -0.39 is 5.82 Å². The van der Waals surface area contributed by atoms with E-state index >= 15 is 0 Å². The Hall–Kier alpha value is -1.27. The van der Waals surface area contributed by atoms with Gasteiger partial charge in [0.05, 0.1) is 16.3 Å². The molecular weight excluding hydrogens is 351 g/mol. The van der Waals surface area contributed by atoms with Gasteiger partial charge in [-0.1, -0.05) is 32.4 Å². The van der Waals surface area contributed by atoms with Gasteiger partial charge in [-0.05, 0) is 18.2 Å². The fraction of sp³-hybridized carbons (Fsp3) is 0.529. The molecule has 0 radical (unpaired) electrons. The van der Waals surface area contributed by atoms with Gasteiger partial charge in [-0.25, -0.2) is 4.39 Å². The largest absolute Gasteiger partial charge is 0.338 e. The van der Waals surface area contributed by atoms with Crippen molar-refractivity contribution in [2.24, 2.45) is 0 Å². The van der Waals surface area contributed by atoms with E-state index in [2.05, 4.69) is 20.8 Å². The van der Waals surface area contributed by atoms with Gasteiger partial charge in [-0.15, -0.1) is 11.8 Å². The molecule has 1 fully saturated rings. The molecule has 2 rings (SSSR count). The second-order valence-corrected chi connectivity index (χ2v) is 8.91. The zero-order chi connectivity index (χ0) is 17.9. The Kier molecular flexibility index (Phi) is 6.15. The van der Waals surface area contributed by atoms with Gasteiger partial charge in [0.1, 0.15) is 5.82 Å². The molecule has 4 nitrogen and oxygen atoms in total. The Morgan fingerprint density at radius 1 is 1.17 bits per heavy atom. The van der Waals surface area contributed by atoms with Crippen molar-refractivity contribution >= 4 is 35.2 Å². The van der Waals surface area contributed by atoms with Gasteiger partial charge in [0.2, 0.25) is 5.91 Å². The van der Waals surface area contributed by atoms with Gasteiger partial charge in [-0.2, -0.15) is 0 Å². The summed E-state index contributed by atoms with van der Waals surface area (Å²) < 4.78 is 13.1. The van der Waals surface area contributed by atoms with Crippen molar-refractivity contribution in [1.29, 1.82) is 0 Å². The summed E-state index contributed by atoms with van der Waals surface area (Å²) >= 11 is 7.57. The Bertz CT molecular complexity index is 626. The lowest BCUT2D eigenvalue weighted by molar-refractivity contribution is -0.129. The maximum Gasteiger partial charge on any atom is 0.255 e. The van der Waals surface area contributed by atoms with Gasteiger partial charge < -0.3 is 9.80 Å². The van der Waals surface area contributed by atoms with Crippen LogP contribution in [0.4, 0.5) is 4.39 Å². The van der Waals surface area contributed by atoms with Crippen LogP contribution in [-0.4, -0.2) is 58.3 Å². The fourth-order valence-corrected chi connectivity index (χ4v) is 3.35. The molecule has 1 heterocycles. The Labute approximate surface area is 151 Å². The fourth-order valence-electron chi connectivity index (χ4n) is 2.36. The molecule has 1 aromatic rings. The van der Waals surface area contributed by atoms with Crippen LogP contribution < -0.4 is 0 Å². The maximum atomic E-state index is 13.1. The predicted molar refractivity (Wildman–Crippen MR) is 96.1 cm³/mol. The number of hydrogen-bond donors (Lipinski definition) is 0. The second kappa shape index (κ2) is 7.74. The number of halogens is 2. The average Bonchev–Trinajstić information content (AvgIpc) is 2.51. The van der Waals surface area contributed by atoms with Crippen molar-refractivity contribution in [2.45, 2.75) is 25.5 Å². The SMILES string of the molecule is CC(C)(C)SCC(=O)N1CCN(C(=O)c2ccc(F)cc2Cl)CC1. The summed E-state index contributed by atoms with van der Waals surface area (Å²) in [4.78, 5) is 28.1.